The normalized spacial score (nSPS) is 18.0. The number of ether oxygens (including phenoxy) is 1. The highest BCUT2D eigenvalue weighted by Crippen LogP contribution is 2.24. The van der Waals surface area contributed by atoms with Gasteiger partial charge in [-0.2, -0.15) is 0 Å². The van der Waals surface area contributed by atoms with Crippen molar-refractivity contribution in [3.63, 3.8) is 0 Å². The van der Waals surface area contributed by atoms with Crippen molar-refractivity contribution in [1.82, 2.24) is 4.90 Å². The van der Waals surface area contributed by atoms with Crippen LogP contribution in [0.5, 0.6) is 5.75 Å². The number of hydrogen-bond acceptors (Lipinski definition) is 3. The Kier molecular flexibility index (Phi) is 5.81. The van der Waals surface area contributed by atoms with Crippen LogP contribution in [-0.4, -0.2) is 41.1 Å². The molecule has 0 aliphatic carbocycles. The number of likely N-dealkylation sites (tertiary alicyclic amines) is 1. The van der Waals surface area contributed by atoms with Crippen molar-refractivity contribution in [3.05, 3.63) is 29.8 Å². The van der Waals surface area contributed by atoms with Crippen molar-refractivity contribution < 1.29 is 19.4 Å². The molecule has 1 saturated heterocycles. The van der Waals surface area contributed by atoms with Gasteiger partial charge in [0.1, 0.15) is 5.75 Å². The summed E-state index contributed by atoms with van der Waals surface area (Å²) in [6.07, 6.45) is 3.53. The van der Waals surface area contributed by atoms with Gasteiger partial charge in [0.2, 0.25) is 0 Å². The molecule has 1 aliphatic rings. The summed E-state index contributed by atoms with van der Waals surface area (Å²) in [5, 5.41) is 8.86. The van der Waals surface area contributed by atoms with Crippen LogP contribution in [0.3, 0.4) is 0 Å². The van der Waals surface area contributed by atoms with Crippen molar-refractivity contribution in [2.24, 2.45) is 0 Å². The Labute approximate surface area is 130 Å². The largest absolute Gasteiger partial charge is 0.494 e. The third-order valence-corrected chi connectivity index (χ3v) is 3.97. The summed E-state index contributed by atoms with van der Waals surface area (Å²) in [5.41, 5.74) is 0.605. The Morgan fingerprint density at radius 1 is 1.36 bits per heavy atom. The molecule has 1 unspecified atom stereocenters. The lowest BCUT2D eigenvalue weighted by molar-refractivity contribution is -0.137. The minimum atomic E-state index is -0.809. The highest BCUT2D eigenvalue weighted by molar-refractivity contribution is 5.95. The van der Waals surface area contributed by atoms with Crippen molar-refractivity contribution >= 4 is 11.9 Å². The molecule has 1 fully saturated rings. The fourth-order valence-electron chi connectivity index (χ4n) is 2.91. The van der Waals surface area contributed by atoms with E-state index < -0.39 is 5.97 Å². The van der Waals surface area contributed by atoms with E-state index >= 15 is 0 Å². The molecule has 0 saturated carbocycles. The third-order valence-electron chi connectivity index (χ3n) is 3.97. The Morgan fingerprint density at radius 3 is 2.91 bits per heavy atom. The Morgan fingerprint density at radius 2 is 2.18 bits per heavy atom. The number of carbonyl (C=O) groups is 2. The zero-order valence-electron chi connectivity index (χ0n) is 13.0. The molecule has 0 aromatic heterocycles. The minimum absolute atomic E-state index is 0.0214. The average Bonchev–Trinajstić information content (AvgIpc) is 2.53. The number of carbonyl (C=O) groups excluding carboxylic acids is 1. The minimum Gasteiger partial charge on any atom is -0.494 e. The molecule has 1 amide bonds. The number of carboxylic acids is 1. The van der Waals surface area contributed by atoms with Gasteiger partial charge in [-0.05, 0) is 50.8 Å². The van der Waals surface area contributed by atoms with Crippen molar-refractivity contribution in [2.75, 3.05) is 13.2 Å². The quantitative estimate of drug-likeness (QED) is 0.877. The lowest BCUT2D eigenvalue weighted by Gasteiger charge is -2.35. The lowest BCUT2D eigenvalue weighted by atomic mass is 9.97. The molecule has 1 aromatic rings. The van der Waals surface area contributed by atoms with Crippen LogP contribution in [0.4, 0.5) is 0 Å². The van der Waals surface area contributed by atoms with E-state index in [1.165, 1.54) is 0 Å². The molecule has 0 radical (unpaired) electrons. The van der Waals surface area contributed by atoms with Gasteiger partial charge in [-0.25, -0.2) is 0 Å². The van der Waals surface area contributed by atoms with Crippen LogP contribution in [-0.2, 0) is 4.79 Å². The molecule has 1 aromatic carbocycles. The number of carboxylic acid groups (broad SMARTS) is 1. The molecular formula is C17H23NO4. The summed E-state index contributed by atoms with van der Waals surface area (Å²) in [7, 11) is 0. The summed E-state index contributed by atoms with van der Waals surface area (Å²) in [4.78, 5) is 25.4. The summed E-state index contributed by atoms with van der Waals surface area (Å²) in [6, 6.07) is 7.21. The maximum atomic E-state index is 12.7. The van der Waals surface area contributed by atoms with Gasteiger partial charge >= 0.3 is 5.97 Å². The molecule has 0 spiro atoms. The van der Waals surface area contributed by atoms with Gasteiger partial charge in [-0.15, -0.1) is 0 Å². The van der Waals surface area contributed by atoms with E-state index in [1.54, 1.807) is 12.1 Å². The first-order valence-electron chi connectivity index (χ1n) is 7.87. The van der Waals surface area contributed by atoms with E-state index in [0.717, 1.165) is 19.3 Å². The first-order chi connectivity index (χ1) is 10.6. The molecule has 120 valence electrons. The first-order valence-corrected chi connectivity index (χ1v) is 7.87. The molecule has 1 atom stereocenters. The Hall–Kier alpha value is -2.04. The molecule has 2 rings (SSSR count). The Balaban J connectivity index is 2.10. The standard InChI is InChI=1S/C17H23NO4/c1-2-22-15-8-5-6-13(12-15)17(21)18-11-4-3-7-14(18)9-10-16(19)20/h5-6,8,12,14H,2-4,7,9-11H2,1H3,(H,19,20). The highest BCUT2D eigenvalue weighted by atomic mass is 16.5. The van der Waals surface area contributed by atoms with Gasteiger partial charge < -0.3 is 14.7 Å². The summed E-state index contributed by atoms with van der Waals surface area (Å²) in [5.74, 6) is -0.152. The van der Waals surface area contributed by atoms with Gasteiger partial charge in [0.05, 0.1) is 6.61 Å². The molecule has 5 nitrogen and oxygen atoms in total. The number of rotatable bonds is 6. The molecule has 1 aliphatic heterocycles. The predicted molar refractivity (Wildman–Crippen MR) is 83.2 cm³/mol. The van der Waals surface area contributed by atoms with Crippen LogP contribution in [0.1, 0.15) is 49.4 Å². The van der Waals surface area contributed by atoms with E-state index in [0.29, 0.717) is 30.9 Å². The zero-order chi connectivity index (χ0) is 15.9. The average molecular weight is 305 g/mol. The van der Waals surface area contributed by atoms with Crippen LogP contribution in [0.15, 0.2) is 24.3 Å². The number of piperidine rings is 1. The van der Waals surface area contributed by atoms with Crippen LogP contribution in [0, 0.1) is 0 Å². The summed E-state index contributed by atoms with van der Waals surface area (Å²) in [6.45, 7) is 3.16. The van der Waals surface area contributed by atoms with E-state index in [4.69, 9.17) is 9.84 Å². The monoisotopic (exact) mass is 305 g/mol. The van der Waals surface area contributed by atoms with E-state index in [2.05, 4.69) is 0 Å². The zero-order valence-corrected chi connectivity index (χ0v) is 13.0. The van der Waals surface area contributed by atoms with E-state index in [9.17, 15) is 9.59 Å². The maximum absolute atomic E-state index is 12.7. The first kappa shape index (κ1) is 16.3. The summed E-state index contributed by atoms with van der Waals surface area (Å²) >= 11 is 0. The second kappa shape index (κ2) is 7.82. The van der Waals surface area contributed by atoms with Crippen molar-refractivity contribution in [1.29, 1.82) is 0 Å². The molecule has 1 heterocycles. The second-order valence-corrected chi connectivity index (χ2v) is 5.54. The lowest BCUT2D eigenvalue weighted by Crippen LogP contribution is -2.44. The number of benzene rings is 1. The molecular weight excluding hydrogens is 282 g/mol. The fourth-order valence-corrected chi connectivity index (χ4v) is 2.91. The topological polar surface area (TPSA) is 66.8 Å². The van der Waals surface area contributed by atoms with Crippen LogP contribution in [0.2, 0.25) is 0 Å². The highest BCUT2D eigenvalue weighted by Gasteiger charge is 2.27. The maximum Gasteiger partial charge on any atom is 0.303 e. The summed E-state index contributed by atoms with van der Waals surface area (Å²) < 4.78 is 5.44. The number of nitrogens with zero attached hydrogens (tertiary/aromatic N) is 1. The molecule has 1 N–H and O–H groups in total. The van der Waals surface area contributed by atoms with Crippen LogP contribution in [0.25, 0.3) is 0 Å². The predicted octanol–water partition coefficient (Wildman–Crippen LogP) is 2.94. The second-order valence-electron chi connectivity index (χ2n) is 5.54. The third kappa shape index (κ3) is 4.23. The number of aliphatic carboxylic acids is 1. The molecule has 0 bridgehead atoms. The van der Waals surface area contributed by atoms with E-state index in [-0.39, 0.29) is 18.4 Å². The smallest absolute Gasteiger partial charge is 0.303 e. The SMILES string of the molecule is CCOc1cccc(C(=O)N2CCCCC2CCC(=O)O)c1. The number of amides is 1. The van der Waals surface area contributed by atoms with Crippen molar-refractivity contribution in [3.8, 4) is 5.75 Å². The molecule has 22 heavy (non-hydrogen) atoms. The van der Waals surface area contributed by atoms with Gasteiger partial charge in [0.25, 0.3) is 5.91 Å². The molecule has 5 heteroatoms. The van der Waals surface area contributed by atoms with Crippen LogP contribution < -0.4 is 4.74 Å². The van der Waals surface area contributed by atoms with Gasteiger partial charge in [-0.1, -0.05) is 6.07 Å². The number of hydrogen-bond donors (Lipinski definition) is 1. The van der Waals surface area contributed by atoms with Crippen LogP contribution >= 0.6 is 0 Å². The van der Waals surface area contributed by atoms with Gasteiger partial charge in [-0.3, -0.25) is 9.59 Å². The van der Waals surface area contributed by atoms with Gasteiger partial charge in [0, 0.05) is 24.6 Å². The Bertz CT molecular complexity index is 529. The van der Waals surface area contributed by atoms with Crippen molar-refractivity contribution in [2.45, 2.75) is 45.1 Å². The van der Waals surface area contributed by atoms with E-state index in [1.807, 2.05) is 24.0 Å². The van der Waals surface area contributed by atoms with Gasteiger partial charge in [0.15, 0.2) is 0 Å². The fraction of sp³-hybridized carbons (Fsp3) is 0.529.